The molecular formula is C11H16F3N3OS. The molecule has 1 aliphatic rings. The number of hydrogen-bond acceptors (Lipinski definition) is 5. The Labute approximate surface area is 113 Å². The Balaban J connectivity index is 1.66. The van der Waals surface area contributed by atoms with Crippen molar-refractivity contribution >= 4 is 16.5 Å². The maximum atomic E-state index is 12.3. The lowest BCUT2D eigenvalue weighted by molar-refractivity contribution is -0.138. The number of aromatic nitrogens is 2. The molecule has 0 saturated heterocycles. The Morgan fingerprint density at radius 1 is 1.21 bits per heavy atom. The number of anilines is 1. The van der Waals surface area contributed by atoms with Crippen LogP contribution in [-0.4, -0.2) is 29.5 Å². The third-order valence-corrected chi connectivity index (χ3v) is 3.88. The molecule has 8 heteroatoms. The van der Waals surface area contributed by atoms with Crippen LogP contribution in [0.1, 0.15) is 37.1 Å². The van der Waals surface area contributed by atoms with Crippen LogP contribution in [0.2, 0.25) is 0 Å². The summed E-state index contributed by atoms with van der Waals surface area (Å²) >= 11 is 0.512. The zero-order valence-corrected chi connectivity index (χ0v) is 11.2. The zero-order valence-electron chi connectivity index (χ0n) is 10.4. The molecule has 1 aliphatic carbocycles. The van der Waals surface area contributed by atoms with Crippen LogP contribution in [0.25, 0.3) is 0 Å². The Bertz CT molecular complexity index is 391. The minimum Gasteiger partial charge on any atom is -0.376 e. The quantitative estimate of drug-likeness (QED) is 0.847. The smallest absolute Gasteiger partial charge is 0.376 e. The molecular weight excluding hydrogens is 279 g/mol. The molecule has 0 aromatic carbocycles. The minimum absolute atomic E-state index is 0.180. The summed E-state index contributed by atoms with van der Waals surface area (Å²) in [6.07, 6.45) is 1.70. The van der Waals surface area contributed by atoms with Crippen molar-refractivity contribution in [2.75, 3.05) is 18.5 Å². The van der Waals surface area contributed by atoms with E-state index in [1.165, 1.54) is 19.3 Å². The van der Waals surface area contributed by atoms with Gasteiger partial charge in [0.1, 0.15) is 0 Å². The van der Waals surface area contributed by atoms with Gasteiger partial charge >= 0.3 is 6.18 Å². The zero-order chi connectivity index (χ0) is 13.7. The Kier molecular flexibility index (Phi) is 4.98. The monoisotopic (exact) mass is 295 g/mol. The van der Waals surface area contributed by atoms with Gasteiger partial charge in [-0.2, -0.15) is 13.2 Å². The number of halogens is 3. The molecule has 1 aromatic rings. The number of hydrogen-bond donors (Lipinski definition) is 1. The minimum atomic E-state index is -4.42. The Hall–Kier alpha value is -0.890. The van der Waals surface area contributed by atoms with Crippen LogP contribution in [0.4, 0.5) is 18.3 Å². The van der Waals surface area contributed by atoms with Crippen molar-refractivity contribution in [2.45, 2.75) is 44.4 Å². The summed E-state index contributed by atoms with van der Waals surface area (Å²) in [5.41, 5.74) is 0. The summed E-state index contributed by atoms with van der Waals surface area (Å²) in [6.45, 7) is 0.925. The van der Waals surface area contributed by atoms with Crippen LogP contribution in [-0.2, 0) is 10.9 Å². The predicted octanol–water partition coefficient (Wildman–Crippen LogP) is 3.32. The molecule has 1 heterocycles. The number of rotatable bonds is 5. The highest BCUT2D eigenvalue weighted by atomic mass is 32.1. The summed E-state index contributed by atoms with van der Waals surface area (Å²) in [5.74, 6) is 0. The van der Waals surface area contributed by atoms with Gasteiger partial charge in [0.25, 0.3) is 0 Å². The van der Waals surface area contributed by atoms with Crippen LogP contribution in [0.3, 0.4) is 0 Å². The first kappa shape index (κ1) is 14.5. The molecule has 0 unspecified atom stereocenters. The first-order valence-electron chi connectivity index (χ1n) is 6.32. The average Bonchev–Trinajstić information content (AvgIpc) is 2.85. The SMILES string of the molecule is FC(F)(F)c1nnc(NCCOC2CCCCC2)s1. The van der Waals surface area contributed by atoms with E-state index < -0.39 is 11.2 Å². The van der Waals surface area contributed by atoms with E-state index in [1.807, 2.05) is 0 Å². The van der Waals surface area contributed by atoms with E-state index in [4.69, 9.17) is 4.74 Å². The molecule has 0 atom stereocenters. The molecule has 1 saturated carbocycles. The van der Waals surface area contributed by atoms with Crippen molar-refractivity contribution in [1.29, 1.82) is 0 Å². The van der Waals surface area contributed by atoms with Crippen molar-refractivity contribution in [2.24, 2.45) is 0 Å². The average molecular weight is 295 g/mol. The second kappa shape index (κ2) is 6.51. The Morgan fingerprint density at radius 3 is 2.58 bits per heavy atom. The van der Waals surface area contributed by atoms with E-state index in [2.05, 4.69) is 15.5 Å². The van der Waals surface area contributed by atoms with Crippen LogP contribution in [0, 0.1) is 0 Å². The molecule has 1 N–H and O–H groups in total. The van der Waals surface area contributed by atoms with Gasteiger partial charge in [-0.15, -0.1) is 10.2 Å². The summed E-state index contributed by atoms with van der Waals surface area (Å²) in [7, 11) is 0. The first-order chi connectivity index (χ1) is 9.05. The van der Waals surface area contributed by atoms with Gasteiger partial charge < -0.3 is 10.1 Å². The van der Waals surface area contributed by atoms with Gasteiger partial charge in [0.2, 0.25) is 10.1 Å². The van der Waals surface area contributed by atoms with Crippen LogP contribution in [0.15, 0.2) is 0 Å². The number of nitrogens with one attached hydrogen (secondary N) is 1. The van der Waals surface area contributed by atoms with Crippen LogP contribution >= 0.6 is 11.3 Å². The van der Waals surface area contributed by atoms with Crippen molar-refractivity contribution < 1.29 is 17.9 Å². The molecule has 0 aliphatic heterocycles. The molecule has 2 rings (SSSR count). The predicted molar refractivity (Wildman–Crippen MR) is 66.2 cm³/mol. The molecule has 0 amide bonds. The highest BCUT2D eigenvalue weighted by molar-refractivity contribution is 7.15. The third-order valence-electron chi connectivity index (χ3n) is 2.95. The largest absolute Gasteiger partial charge is 0.445 e. The molecule has 1 fully saturated rings. The molecule has 0 radical (unpaired) electrons. The fourth-order valence-corrected chi connectivity index (χ4v) is 2.66. The molecule has 1 aromatic heterocycles. The number of nitrogens with zero attached hydrogens (tertiary/aromatic N) is 2. The van der Waals surface area contributed by atoms with E-state index in [0.29, 0.717) is 30.6 Å². The maximum absolute atomic E-state index is 12.3. The van der Waals surface area contributed by atoms with Gasteiger partial charge in [0.05, 0.1) is 12.7 Å². The molecule has 19 heavy (non-hydrogen) atoms. The number of alkyl halides is 3. The Morgan fingerprint density at radius 2 is 1.95 bits per heavy atom. The lowest BCUT2D eigenvalue weighted by Gasteiger charge is -2.21. The van der Waals surface area contributed by atoms with Crippen molar-refractivity contribution in [3.63, 3.8) is 0 Å². The molecule has 0 bridgehead atoms. The molecule has 108 valence electrons. The van der Waals surface area contributed by atoms with Gasteiger partial charge in [0.15, 0.2) is 0 Å². The molecule has 4 nitrogen and oxygen atoms in total. The van der Waals surface area contributed by atoms with Gasteiger partial charge in [-0.05, 0) is 12.8 Å². The molecule has 0 spiro atoms. The van der Waals surface area contributed by atoms with Gasteiger partial charge in [-0.25, -0.2) is 0 Å². The second-order valence-corrected chi connectivity index (χ2v) is 5.45. The van der Waals surface area contributed by atoms with Gasteiger partial charge in [0, 0.05) is 6.54 Å². The van der Waals surface area contributed by atoms with Gasteiger partial charge in [-0.1, -0.05) is 30.6 Å². The standard InChI is InChI=1S/C11H16F3N3OS/c12-11(13,14)9-16-17-10(19-9)15-6-7-18-8-4-2-1-3-5-8/h8H,1-7H2,(H,15,17). The second-order valence-electron chi connectivity index (χ2n) is 4.47. The van der Waals surface area contributed by atoms with Crippen LogP contribution < -0.4 is 5.32 Å². The fourth-order valence-electron chi connectivity index (χ4n) is 2.02. The maximum Gasteiger partial charge on any atom is 0.445 e. The van der Waals surface area contributed by atoms with Crippen molar-refractivity contribution in [3.05, 3.63) is 5.01 Å². The van der Waals surface area contributed by atoms with E-state index in [0.717, 1.165) is 12.8 Å². The summed E-state index contributed by atoms with van der Waals surface area (Å²) < 4.78 is 42.5. The van der Waals surface area contributed by atoms with E-state index in [9.17, 15) is 13.2 Å². The van der Waals surface area contributed by atoms with Gasteiger partial charge in [-0.3, -0.25) is 0 Å². The summed E-state index contributed by atoms with van der Waals surface area (Å²) in [6, 6.07) is 0. The fraction of sp³-hybridized carbons (Fsp3) is 0.818. The topological polar surface area (TPSA) is 47.0 Å². The lowest BCUT2D eigenvalue weighted by Crippen LogP contribution is -2.20. The van der Waals surface area contributed by atoms with Crippen LogP contribution in [0.5, 0.6) is 0 Å². The lowest BCUT2D eigenvalue weighted by atomic mass is 9.98. The first-order valence-corrected chi connectivity index (χ1v) is 7.13. The van der Waals surface area contributed by atoms with Crippen molar-refractivity contribution in [1.82, 2.24) is 10.2 Å². The van der Waals surface area contributed by atoms with Crippen molar-refractivity contribution in [3.8, 4) is 0 Å². The van der Waals surface area contributed by atoms with E-state index in [-0.39, 0.29) is 5.13 Å². The van der Waals surface area contributed by atoms with E-state index >= 15 is 0 Å². The third kappa shape index (κ3) is 4.61. The highest BCUT2D eigenvalue weighted by Gasteiger charge is 2.35. The summed E-state index contributed by atoms with van der Waals surface area (Å²) in [4.78, 5) is 0. The highest BCUT2D eigenvalue weighted by Crippen LogP contribution is 2.32. The number of ether oxygens (including phenoxy) is 1. The summed E-state index contributed by atoms with van der Waals surface area (Å²) in [5, 5.41) is 8.59. The van der Waals surface area contributed by atoms with E-state index in [1.54, 1.807) is 0 Å². The normalized spacial score (nSPS) is 17.6.